The van der Waals surface area contributed by atoms with Gasteiger partial charge in [-0.05, 0) is 73.6 Å². The third-order valence-corrected chi connectivity index (χ3v) is 13.4. The van der Waals surface area contributed by atoms with Crippen molar-refractivity contribution >= 4 is 102 Å². The van der Waals surface area contributed by atoms with Crippen LogP contribution in [0.4, 0.5) is 11.4 Å². The van der Waals surface area contributed by atoms with E-state index in [-0.39, 0.29) is 29.8 Å². The van der Waals surface area contributed by atoms with Crippen LogP contribution in [0, 0.1) is 0 Å². The van der Waals surface area contributed by atoms with E-state index in [0.29, 0.717) is 65.7 Å². The highest BCUT2D eigenvalue weighted by molar-refractivity contribution is 8.03. The van der Waals surface area contributed by atoms with Gasteiger partial charge in [-0.3, -0.25) is 9.59 Å². The Bertz CT molecular complexity index is 2140. The quantitative estimate of drug-likeness (QED) is 0.0617. The third-order valence-electron chi connectivity index (χ3n) is 9.33. The van der Waals surface area contributed by atoms with Crippen molar-refractivity contribution in [2.24, 2.45) is 0 Å². The zero-order chi connectivity index (χ0) is 36.5. The molecular formula is C35H34Cl2N4O7S3. The van der Waals surface area contributed by atoms with Crippen LogP contribution in [0.25, 0.3) is 16.3 Å². The number of aldehydes is 1. The fourth-order valence-corrected chi connectivity index (χ4v) is 10.7. The standard InChI is InChI=1S/C35H34Cl2N4O7S3/c1-22(35(44)45)39(26-8-4-23(21-42)5-9-26)16-12-31(43)38-14-2-3-15-40-27-18-24(36)6-10-29(27)49-32(40)20-33-41(17-13-34(41)51(46,47)48)28-19-25(37)7-11-30(28)50-33/h4-11,18-22,34H,2-3,12-17H2,1H3,(H-2,38,43,44,45,46,47,48)/b33-20-. The molecule has 1 N–H and O–H groups in total. The smallest absolute Gasteiger partial charge is 0.269 e. The number of nitrogens with one attached hydrogen (secondary N) is 1. The van der Waals surface area contributed by atoms with Crippen LogP contribution in [0.3, 0.4) is 0 Å². The van der Waals surface area contributed by atoms with Gasteiger partial charge in [0, 0.05) is 59.4 Å². The number of amides is 1. The van der Waals surface area contributed by atoms with Crippen LogP contribution in [0.15, 0.2) is 70.6 Å². The van der Waals surface area contributed by atoms with Gasteiger partial charge in [0.2, 0.25) is 11.4 Å². The summed E-state index contributed by atoms with van der Waals surface area (Å²) in [4.78, 5) is 37.9. The number of benzene rings is 3. The first kappa shape index (κ1) is 37.3. The summed E-state index contributed by atoms with van der Waals surface area (Å²) < 4.78 is 40.4. The average Bonchev–Trinajstić information content (AvgIpc) is 3.58. The van der Waals surface area contributed by atoms with Gasteiger partial charge < -0.3 is 24.7 Å². The monoisotopic (exact) mass is 788 g/mol. The molecule has 0 radical (unpaired) electrons. The first-order valence-corrected chi connectivity index (χ1v) is 20.1. The van der Waals surface area contributed by atoms with Crippen molar-refractivity contribution in [3.63, 3.8) is 0 Å². The zero-order valence-corrected chi connectivity index (χ0v) is 31.4. The molecule has 1 spiro atoms. The minimum absolute atomic E-state index is 0.0541. The maximum absolute atomic E-state index is 12.8. The molecule has 11 nitrogen and oxygen atoms in total. The lowest BCUT2D eigenvalue weighted by molar-refractivity contribution is -0.669. The number of rotatable bonds is 14. The second kappa shape index (κ2) is 15.2. The number of hydrogen-bond acceptors (Lipinski definition) is 10. The van der Waals surface area contributed by atoms with Crippen LogP contribution < -0.4 is 24.4 Å². The van der Waals surface area contributed by atoms with Crippen LogP contribution in [0.1, 0.15) is 48.0 Å². The number of anilines is 1. The van der Waals surface area contributed by atoms with Crippen molar-refractivity contribution in [1.82, 2.24) is 9.80 Å². The summed E-state index contributed by atoms with van der Waals surface area (Å²) in [6, 6.07) is 16.5. The topological polar surface area (TPSA) is 151 Å². The number of hydrogen-bond donors (Lipinski definition) is 1. The number of quaternary nitrogens is 1. The lowest BCUT2D eigenvalue weighted by atomic mass is 10.1. The van der Waals surface area contributed by atoms with E-state index in [1.54, 1.807) is 52.6 Å². The number of carbonyl (C=O) groups excluding carboxylic acids is 3. The molecule has 2 aliphatic rings. The van der Waals surface area contributed by atoms with Crippen molar-refractivity contribution < 1.29 is 37.0 Å². The predicted octanol–water partition coefficient (Wildman–Crippen LogP) is 4.93. The van der Waals surface area contributed by atoms with Crippen molar-refractivity contribution in [2.45, 2.75) is 55.5 Å². The zero-order valence-electron chi connectivity index (χ0n) is 27.4. The summed E-state index contributed by atoms with van der Waals surface area (Å²) in [5, 5.41) is 16.1. The molecule has 16 heteroatoms. The van der Waals surface area contributed by atoms with Crippen LogP contribution >= 0.6 is 46.3 Å². The van der Waals surface area contributed by atoms with Gasteiger partial charge in [0.05, 0.1) is 35.9 Å². The van der Waals surface area contributed by atoms with Crippen LogP contribution in [0.2, 0.25) is 10.0 Å². The number of thioether (sulfide) groups is 1. The van der Waals surface area contributed by atoms with E-state index in [4.69, 9.17) is 23.2 Å². The number of carboxylic acids is 1. The highest BCUT2D eigenvalue weighted by atomic mass is 35.5. The summed E-state index contributed by atoms with van der Waals surface area (Å²) in [6.45, 7) is 3.07. The summed E-state index contributed by atoms with van der Waals surface area (Å²) in [7, 11) is -4.61. The van der Waals surface area contributed by atoms with E-state index in [1.165, 1.54) is 18.7 Å². The molecule has 268 valence electrons. The van der Waals surface area contributed by atoms with Gasteiger partial charge in [0.25, 0.3) is 5.01 Å². The van der Waals surface area contributed by atoms with Crippen molar-refractivity contribution in [1.29, 1.82) is 0 Å². The van der Waals surface area contributed by atoms with E-state index < -0.39 is 27.5 Å². The van der Waals surface area contributed by atoms with Gasteiger partial charge in [-0.25, -0.2) is 12.9 Å². The van der Waals surface area contributed by atoms with Crippen molar-refractivity contribution in [3.05, 3.63) is 86.3 Å². The lowest BCUT2D eigenvalue weighted by Gasteiger charge is -2.49. The molecule has 2 aliphatic heterocycles. The van der Waals surface area contributed by atoms with Crippen molar-refractivity contribution in [3.8, 4) is 0 Å². The number of carboxylic acid groups (broad SMARTS) is 1. The van der Waals surface area contributed by atoms with E-state index in [1.807, 2.05) is 30.3 Å². The summed E-state index contributed by atoms with van der Waals surface area (Å²) >= 11 is 15.7. The largest absolute Gasteiger partial charge is 0.743 e. The number of aliphatic carboxylic acids is 1. The minimum Gasteiger partial charge on any atom is -0.743 e. The Morgan fingerprint density at radius 1 is 1.10 bits per heavy atom. The highest BCUT2D eigenvalue weighted by Crippen LogP contribution is 2.58. The maximum atomic E-state index is 12.8. The number of aryl methyl sites for hydroxylation is 1. The molecule has 4 aromatic rings. The fourth-order valence-electron chi connectivity index (χ4n) is 6.60. The number of fused-ring (bicyclic) bond motifs is 3. The predicted molar refractivity (Wildman–Crippen MR) is 198 cm³/mol. The Morgan fingerprint density at radius 2 is 1.82 bits per heavy atom. The Morgan fingerprint density at radius 3 is 2.49 bits per heavy atom. The normalized spacial score (nSPS) is 19.5. The van der Waals surface area contributed by atoms with Gasteiger partial charge in [0.15, 0.2) is 32.8 Å². The molecule has 3 heterocycles. The SMILES string of the molecule is CC(C(=O)[O-])N(CCC(=O)NCCCC[n+]1c(/C=C2\Sc3ccc(Cl)cc3[N+]23CCC3S(=O)(=O)[O-])sc2ccc(Cl)cc21)c1ccc(C=O)cc1. The Labute approximate surface area is 313 Å². The molecule has 1 saturated heterocycles. The number of aromatic nitrogens is 1. The van der Waals surface area contributed by atoms with E-state index >= 15 is 0 Å². The molecule has 6 rings (SSSR count). The van der Waals surface area contributed by atoms with E-state index in [2.05, 4.69) is 9.88 Å². The van der Waals surface area contributed by atoms with Gasteiger partial charge in [0.1, 0.15) is 11.0 Å². The lowest BCUT2D eigenvalue weighted by Crippen LogP contribution is -2.66. The van der Waals surface area contributed by atoms with Crippen molar-refractivity contribution in [2.75, 3.05) is 24.5 Å². The molecule has 3 aromatic carbocycles. The molecule has 1 aromatic heterocycles. The van der Waals surface area contributed by atoms with Crippen LogP contribution in [0.5, 0.6) is 0 Å². The molecule has 51 heavy (non-hydrogen) atoms. The first-order valence-electron chi connectivity index (χ1n) is 16.3. The second-order valence-corrected chi connectivity index (χ2v) is 17.0. The third kappa shape index (κ3) is 7.68. The Hall–Kier alpha value is -3.50. The van der Waals surface area contributed by atoms with Gasteiger partial charge in [-0.15, -0.1) is 0 Å². The number of unbranched alkanes of at least 4 members (excludes halogenated alkanes) is 1. The molecule has 0 bridgehead atoms. The molecule has 3 atom stereocenters. The van der Waals surface area contributed by atoms with Crippen LogP contribution in [-0.2, 0) is 26.3 Å². The fraction of sp³-hybridized carbons (Fsp3) is 0.314. The summed E-state index contributed by atoms with van der Waals surface area (Å²) in [5.41, 5.74) is 2.65. The van der Waals surface area contributed by atoms with Gasteiger partial charge in [-0.2, -0.15) is 4.57 Å². The summed E-state index contributed by atoms with van der Waals surface area (Å²) in [6.07, 6.45) is 4.32. The number of halogens is 2. The highest BCUT2D eigenvalue weighted by Gasteiger charge is 2.60. The van der Waals surface area contributed by atoms with E-state index in [9.17, 15) is 32.5 Å². The number of thiazole rings is 1. The second-order valence-electron chi connectivity index (χ2n) is 12.4. The molecule has 0 saturated carbocycles. The minimum atomic E-state index is -4.61. The van der Waals surface area contributed by atoms with Crippen LogP contribution in [-0.4, -0.2) is 62.2 Å². The number of carbonyl (C=O) groups is 3. The average molecular weight is 790 g/mol. The first-order chi connectivity index (χ1) is 24.3. The molecule has 0 aliphatic carbocycles. The number of nitrogens with zero attached hydrogens (tertiary/aromatic N) is 3. The molecular weight excluding hydrogens is 756 g/mol. The molecule has 1 amide bonds. The Kier molecular flexibility index (Phi) is 11.1. The van der Waals surface area contributed by atoms with Gasteiger partial charge >= 0.3 is 0 Å². The molecule has 1 fully saturated rings. The van der Waals surface area contributed by atoms with E-state index in [0.717, 1.165) is 25.1 Å². The summed E-state index contributed by atoms with van der Waals surface area (Å²) in [5.74, 6) is -1.51. The maximum Gasteiger partial charge on any atom is 0.269 e. The molecule has 3 unspecified atom stereocenters. The Balaban J connectivity index is 1.15. The van der Waals surface area contributed by atoms with Gasteiger partial charge in [-0.1, -0.05) is 34.5 Å².